The largest absolute Gasteiger partial charge is 0.378 e. The van der Waals surface area contributed by atoms with Gasteiger partial charge < -0.3 is 9.64 Å². The first-order valence-corrected chi connectivity index (χ1v) is 4.72. The summed E-state index contributed by atoms with van der Waals surface area (Å²) in [5, 5.41) is 0. The molecule has 1 saturated heterocycles. The lowest BCUT2D eigenvalue weighted by Crippen LogP contribution is -2.36. The van der Waals surface area contributed by atoms with Crippen LogP contribution in [0, 0.1) is 12.7 Å². The Morgan fingerprint density at radius 3 is 2.86 bits per heavy atom. The molecule has 2 heterocycles. The van der Waals surface area contributed by atoms with Gasteiger partial charge in [-0.05, 0) is 6.92 Å². The molecule has 0 aliphatic carbocycles. The number of aryl methyl sites for hydroxylation is 1. The van der Waals surface area contributed by atoms with E-state index in [1.54, 1.807) is 0 Å². The van der Waals surface area contributed by atoms with Gasteiger partial charge in [0.05, 0.1) is 30.8 Å². The summed E-state index contributed by atoms with van der Waals surface area (Å²) in [4.78, 5) is 6.10. The van der Waals surface area contributed by atoms with Crippen molar-refractivity contribution in [3.63, 3.8) is 0 Å². The second-order valence-corrected chi connectivity index (χ2v) is 3.36. The van der Waals surface area contributed by atoms with Crippen molar-refractivity contribution in [2.24, 2.45) is 0 Å². The molecule has 0 spiro atoms. The van der Waals surface area contributed by atoms with E-state index in [-0.39, 0.29) is 5.82 Å². The van der Waals surface area contributed by atoms with Gasteiger partial charge in [-0.2, -0.15) is 0 Å². The Balaban J connectivity index is 2.24. The van der Waals surface area contributed by atoms with Crippen molar-refractivity contribution in [1.82, 2.24) is 4.98 Å². The molecular formula is C10H13FN2O. The smallest absolute Gasteiger partial charge is 0.143 e. The molecule has 0 amide bonds. The Labute approximate surface area is 82.5 Å². The highest BCUT2D eigenvalue weighted by Gasteiger charge is 2.14. The van der Waals surface area contributed by atoms with Gasteiger partial charge in [0.1, 0.15) is 5.82 Å². The third-order valence-electron chi connectivity index (χ3n) is 2.38. The summed E-state index contributed by atoms with van der Waals surface area (Å²) >= 11 is 0. The molecule has 3 nitrogen and oxygen atoms in total. The predicted octanol–water partition coefficient (Wildman–Crippen LogP) is 1.37. The van der Waals surface area contributed by atoms with Gasteiger partial charge >= 0.3 is 0 Å². The number of aromatic nitrogens is 1. The van der Waals surface area contributed by atoms with Crippen molar-refractivity contribution in [3.8, 4) is 0 Å². The number of rotatable bonds is 1. The van der Waals surface area contributed by atoms with Gasteiger partial charge in [0.15, 0.2) is 0 Å². The zero-order valence-corrected chi connectivity index (χ0v) is 8.16. The maximum Gasteiger partial charge on any atom is 0.143 e. The van der Waals surface area contributed by atoms with E-state index in [1.165, 1.54) is 12.3 Å². The molecule has 0 radical (unpaired) electrons. The number of hydrogen-bond donors (Lipinski definition) is 0. The van der Waals surface area contributed by atoms with Crippen molar-refractivity contribution in [1.29, 1.82) is 0 Å². The van der Waals surface area contributed by atoms with Crippen LogP contribution in [0.3, 0.4) is 0 Å². The molecule has 1 aromatic heterocycles. The first-order valence-electron chi connectivity index (χ1n) is 4.72. The highest BCUT2D eigenvalue weighted by Crippen LogP contribution is 2.19. The number of halogens is 1. The number of anilines is 1. The number of hydrogen-bond acceptors (Lipinski definition) is 3. The Kier molecular flexibility index (Phi) is 2.63. The van der Waals surface area contributed by atoms with Crippen LogP contribution in [-0.2, 0) is 4.74 Å². The zero-order chi connectivity index (χ0) is 9.97. The van der Waals surface area contributed by atoms with E-state index >= 15 is 0 Å². The third kappa shape index (κ3) is 1.85. The lowest BCUT2D eigenvalue weighted by molar-refractivity contribution is 0.122. The highest BCUT2D eigenvalue weighted by molar-refractivity contribution is 5.50. The quantitative estimate of drug-likeness (QED) is 0.678. The Bertz CT molecular complexity index is 324. The Morgan fingerprint density at radius 1 is 1.43 bits per heavy atom. The van der Waals surface area contributed by atoms with Crippen LogP contribution in [0.1, 0.15) is 5.69 Å². The van der Waals surface area contributed by atoms with Gasteiger partial charge in [-0.25, -0.2) is 4.39 Å². The summed E-state index contributed by atoms with van der Waals surface area (Å²) in [7, 11) is 0. The standard InChI is InChI=1S/C10H13FN2O/c1-8-10(6-9(11)7-12-8)13-2-4-14-5-3-13/h6-7H,2-5H2,1H3. The van der Waals surface area contributed by atoms with E-state index in [0.29, 0.717) is 13.2 Å². The molecule has 0 unspecified atom stereocenters. The molecule has 0 aromatic carbocycles. The number of pyridine rings is 1. The fourth-order valence-electron chi connectivity index (χ4n) is 1.62. The maximum absolute atomic E-state index is 13.0. The molecule has 1 fully saturated rings. The van der Waals surface area contributed by atoms with Crippen molar-refractivity contribution in [2.45, 2.75) is 6.92 Å². The van der Waals surface area contributed by atoms with E-state index in [9.17, 15) is 4.39 Å². The molecule has 0 bridgehead atoms. The van der Waals surface area contributed by atoms with Crippen LogP contribution in [0.2, 0.25) is 0 Å². The van der Waals surface area contributed by atoms with E-state index in [1.807, 2.05) is 6.92 Å². The molecular weight excluding hydrogens is 183 g/mol. The van der Waals surface area contributed by atoms with Crippen LogP contribution in [0.25, 0.3) is 0 Å². The minimum Gasteiger partial charge on any atom is -0.378 e. The fraction of sp³-hybridized carbons (Fsp3) is 0.500. The Hall–Kier alpha value is -1.16. The molecule has 2 rings (SSSR count). The molecule has 1 aliphatic rings. The van der Waals surface area contributed by atoms with Crippen LogP contribution >= 0.6 is 0 Å². The average molecular weight is 196 g/mol. The van der Waals surface area contributed by atoms with Gasteiger partial charge in [0, 0.05) is 19.2 Å². The van der Waals surface area contributed by atoms with Crippen molar-refractivity contribution in [3.05, 3.63) is 23.8 Å². The van der Waals surface area contributed by atoms with Gasteiger partial charge in [-0.1, -0.05) is 0 Å². The van der Waals surface area contributed by atoms with Gasteiger partial charge in [0.2, 0.25) is 0 Å². The van der Waals surface area contributed by atoms with Crippen molar-refractivity contribution >= 4 is 5.69 Å². The first-order chi connectivity index (χ1) is 6.77. The number of nitrogens with zero attached hydrogens (tertiary/aromatic N) is 2. The van der Waals surface area contributed by atoms with Crippen LogP contribution in [-0.4, -0.2) is 31.3 Å². The predicted molar refractivity (Wildman–Crippen MR) is 52.0 cm³/mol. The summed E-state index contributed by atoms with van der Waals surface area (Å²) in [5.74, 6) is -0.280. The van der Waals surface area contributed by atoms with E-state index in [0.717, 1.165) is 24.5 Å². The molecule has 76 valence electrons. The maximum atomic E-state index is 13.0. The summed E-state index contributed by atoms with van der Waals surface area (Å²) in [6.45, 7) is 4.92. The first kappa shape index (κ1) is 9.40. The minimum absolute atomic E-state index is 0.280. The molecule has 0 saturated carbocycles. The van der Waals surface area contributed by atoms with Crippen LogP contribution in [0.4, 0.5) is 10.1 Å². The van der Waals surface area contributed by atoms with Crippen molar-refractivity contribution < 1.29 is 9.13 Å². The number of morpholine rings is 1. The summed E-state index contributed by atoms with van der Waals surface area (Å²) in [6, 6.07) is 1.54. The number of ether oxygens (including phenoxy) is 1. The summed E-state index contributed by atoms with van der Waals surface area (Å²) < 4.78 is 18.2. The summed E-state index contributed by atoms with van der Waals surface area (Å²) in [5.41, 5.74) is 1.75. The molecule has 14 heavy (non-hydrogen) atoms. The van der Waals surface area contributed by atoms with E-state index in [2.05, 4.69) is 9.88 Å². The van der Waals surface area contributed by atoms with Gasteiger partial charge in [-0.3, -0.25) is 4.98 Å². The van der Waals surface area contributed by atoms with E-state index < -0.39 is 0 Å². The lowest BCUT2D eigenvalue weighted by atomic mass is 10.2. The van der Waals surface area contributed by atoms with Gasteiger partial charge in [0.25, 0.3) is 0 Å². The fourth-order valence-corrected chi connectivity index (χ4v) is 1.62. The highest BCUT2D eigenvalue weighted by atomic mass is 19.1. The van der Waals surface area contributed by atoms with Crippen LogP contribution < -0.4 is 4.90 Å². The average Bonchev–Trinajstić information content (AvgIpc) is 2.23. The molecule has 1 aromatic rings. The van der Waals surface area contributed by atoms with Crippen molar-refractivity contribution in [2.75, 3.05) is 31.2 Å². The second kappa shape index (κ2) is 3.92. The lowest BCUT2D eigenvalue weighted by Gasteiger charge is -2.29. The van der Waals surface area contributed by atoms with E-state index in [4.69, 9.17) is 4.74 Å². The minimum atomic E-state index is -0.280. The molecule has 4 heteroatoms. The van der Waals surface area contributed by atoms with Crippen LogP contribution in [0.5, 0.6) is 0 Å². The third-order valence-corrected chi connectivity index (χ3v) is 2.38. The summed E-state index contributed by atoms with van der Waals surface area (Å²) in [6.07, 6.45) is 1.25. The molecule has 0 atom stereocenters. The molecule has 0 N–H and O–H groups in total. The topological polar surface area (TPSA) is 25.4 Å². The normalized spacial score (nSPS) is 17.1. The zero-order valence-electron chi connectivity index (χ0n) is 8.16. The second-order valence-electron chi connectivity index (χ2n) is 3.36. The van der Waals surface area contributed by atoms with Crippen LogP contribution in [0.15, 0.2) is 12.3 Å². The SMILES string of the molecule is Cc1ncc(F)cc1N1CCOCC1. The Morgan fingerprint density at radius 2 is 2.14 bits per heavy atom. The monoisotopic (exact) mass is 196 g/mol. The molecule has 1 aliphatic heterocycles. The van der Waals surface area contributed by atoms with Gasteiger partial charge in [-0.15, -0.1) is 0 Å².